The van der Waals surface area contributed by atoms with E-state index in [1.54, 1.807) is 0 Å². The van der Waals surface area contributed by atoms with E-state index < -0.39 is 11.1 Å². The Morgan fingerprint density at radius 1 is 1.05 bits per heavy atom. The summed E-state index contributed by atoms with van der Waals surface area (Å²) >= 11 is 0. The maximum atomic E-state index is 13.0. The second-order valence-corrected chi connectivity index (χ2v) is 12.3. The smallest absolute Gasteiger partial charge is 0.410 e. The van der Waals surface area contributed by atoms with Crippen molar-refractivity contribution >= 4 is 17.8 Å². The van der Waals surface area contributed by atoms with Crippen molar-refractivity contribution in [2.24, 2.45) is 11.7 Å². The maximum Gasteiger partial charge on any atom is 0.410 e. The first-order valence-corrected chi connectivity index (χ1v) is 14.6. The fourth-order valence-corrected chi connectivity index (χ4v) is 6.96. The molecule has 1 aromatic heterocycles. The lowest BCUT2D eigenvalue weighted by atomic mass is 9.63. The van der Waals surface area contributed by atoms with Gasteiger partial charge in [0.25, 0.3) is 0 Å². The molecule has 0 unspecified atom stereocenters. The van der Waals surface area contributed by atoms with Crippen molar-refractivity contribution in [3.8, 4) is 22.3 Å². The van der Waals surface area contributed by atoms with Crippen LogP contribution in [0, 0.1) is 5.92 Å². The summed E-state index contributed by atoms with van der Waals surface area (Å²) in [6.45, 7) is 2.96. The third kappa shape index (κ3) is 5.85. The Labute approximate surface area is 240 Å². The molecular formula is C33H38N4O4. The predicted octanol–water partition coefficient (Wildman–Crippen LogP) is 5.45. The molecule has 3 fully saturated rings. The molecule has 6 rings (SSSR count). The number of aromatic nitrogens is 1. The van der Waals surface area contributed by atoms with E-state index in [0.29, 0.717) is 44.1 Å². The van der Waals surface area contributed by atoms with Crippen molar-refractivity contribution in [2.75, 3.05) is 18.5 Å². The van der Waals surface area contributed by atoms with Crippen molar-refractivity contribution in [3.63, 3.8) is 0 Å². The number of nitrogens with one attached hydrogen (secondary N) is 1. The number of cyclic esters (lactones) is 1. The van der Waals surface area contributed by atoms with Crippen LogP contribution in [0.5, 0.6) is 0 Å². The molecule has 2 saturated carbocycles. The van der Waals surface area contributed by atoms with Crippen molar-refractivity contribution < 1.29 is 19.4 Å². The summed E-state index contributed by atoms with van der Waals surface area (Å²) < 4.78 is 5.09. The number of aliphatic hydroxyl groups is 1. The van der Waals surface area contributed by atoms with E-state index in [4.69, 9.17) is 10.5 Å². The molecule has 2 aromatic carbocycles. The average molecular weight is 555 g/mol. The van der Waals surface area contributed by atoms with E-state index in [2.05, 4.69) is 34.6 Å². The van der Waals surface area contributed by atoms with Gasteiger partial charge in [0, 0.05) is 29.8 Å². The molecule has 0 atom stereocenters. The Kier molecular flexibility index (Phi) is 7.30. The molecule has 3 aliphatic rings. The summed E-state index contributed by atoms with van der Waals surface area (Å²) in [5, 5.41) is 13.2. The minimum absolute atomic E-state index is 0.0396. The van der Waals surface area contributed by atoms with E-state index in [0.717, 1.165) is 53.5 Å². The zero-order chi connectivity index (χ0) is 28.6. The normalized spacial score (nSPS) is 27.7. The highest BCUT2D eigenvalue weighted by atomic mass is 16.6. The monoisotopic (exact) mass is 554 g/mol. The van der Waals surface area contributed by atoms with Gasteiger partial charge in [0.05, 0.1) is 12.1 Å². The molecule has 8 nitrogen and oxygen atoms in total. The number of hydrogen-bond acceptors (Lipinski definition) is 6. The highest BCUT2D eigenvalue weighted by Crippen LogP contribution is 2.46. The Morgan fingerprint density at radius 2 is 1.73 bits per heavy atom. The van der Waals surface area contributed by atoms with Crippen LogP contribution < -0.4 is 11.1 Å². The molecule has 2 aliphatic carbocycles. The van der Waals surface area contributed by atoms with Gasteiger partial charge in [-0.2, -0.15) is 0 Å². The third-order valence-electron chi connectivity index (χ3n) is 8.94. The summed E-state index contributed by atoms with van der Waals surface area (Å²) in [5.74, 6) is 0.782. The van der Waals surface area contributed by atoms with Crippen LogP contribution in [0.15, 0.2) is 66.9 Å². The second-order valence-electron chi connectivity index (χ2n) is 12.3. The largest absolute Gasteiger partial charge is 0.448 e. The number of pyridine rings is 1. The van der Waals surface area contributed by atoms with E-state index in [1.165, 1.54) is 0 Å². The number of rotatable bonds is 7. The fourth-order valence-electron chi connectivity index (χ4n) is 6.96. The lowest BCUT2D eigenvalue weighted by Gasteiger charge is -2.49. The quantitative estimate of drug-likeness (QED) is 0.357. The van der Waals surface area contributed by atoms with Gasteiger partial charge in [-0.05, 0) is 79.7 Å². The Morgan fingerprint density at radius 3 is 2.37 bits per heavy atom. The number of benzene rings is 2. The molecule has 4 N–H and O–H groups in total. The van der Waals surface area contributed by atoms with Gasteiger partial charge in [-0.15, -0.1) is 0 Å². The first-order chi connectivity index (χ1) is 19.7. The lowest BCUT2D eigenvalue weighted by Crippen LogP contribution is -2.58. The molecular weight excluding hydrogens is 516 g/mol. The molecule has 8 heteroatoms. The van der Waals surface area contributed by atoms with Gasteiger partial charge in [-0.3, -0.25) is 4.79 Å². The molecule has 41 heavy (non-hydrogen) atoms. The van der Waals surface area contributed by atoms with Crippen molar-refractivity contribution in [3.05, 3.63) is 72.4 Å². The number of carbonyl (C=O) groups is 2. The Bertz CT molecular complexity index is 1410. The first kappa shape index (κ1) is 27.4. The number of nitrogens with zero attached hydrogens (tertiary/aromatic N) is 2. The van der Waals surface area contributed by atoms with Gasteiger partial charge in [-0.25, -0.2) is 9.78 Å². The van der Waals surface area contributed by atoms with Gasteiger partial charge >= 0.3 is 6.09 Å². The van der Waals surface area contributed by atoms with Crippen LogP contribution in [0.1, 0.15) is 57.4 Å². The van der Waals surface area contributed by atoms with Crippen LogP contribution in [0.3, 0.4) is 0 Å². The number of nitrogens with two attached hydrogens (primary N) is 1. The second kappa shape index (κ2) is 10.9. The van der Waals surface area contributed by atoms with E-state index >= 15 is 0 Å². The van der Waals surface area contributed by atoms with Crippen LogP contribution in [-0.2, 0) is 15.1 Å². The summed E-state index contributed by atoms with van der Waals surface area (Å²) in [6, 6.07) is 20.4. The molecule has 1 saturated heterocycles. The molecule has 214 valence electrons. The van der Waals surface area contributed by atoms with Crippen LogP contribution in [0.25, 0.3) is 22.3 Å². The third-order valence-corrected chi connectivity index (χ3v) is 8.94. The fraction of sp³-hybridized carbons (Fsp3) is 0.424. The number of amides is 2. The SMILES string of the molecule is CC1(O)CC(N)(c2ccc(-c3cnc(NC(=O)CC4CCC(N5CCOC5=O)CC4)cc3-c3ccccc3)cc2)C1. The molecule has 1 aliphatic heterocycles. The average Bonchev–Trinajstić information content (AvgIpc) is 3.38. The van der Waals surface area contributed by atoms with Crippen LogP contribution in [0.4, 0.5) is 10.6 Å². The highest BCUT2D eigenvalue weighted by Gasteiger charge is 2.49. The van der Waals surface area contributed by atoms with Gasteiger partial charge in [-0.1, -0.05) is 54.6 Å². The number of carbonyl (C=O) groups excluding carboxylic acids is 2. The molecule has 0 spiro atoms. The number of hydrogen-bond donors (Lipinski definition) is 3. The zero-order valence-corrected chi connectivity index (χ0v) is 23.5. The van der Waals surface area contributed by atoms with Crippen molar-refractivity contribution in [2.45, 2.75) is 69.1 Å². The van der Waals surface area contributed by atoms with Gasteiger partial charge in [0.1, 0.15) is 12.4 Å². The van der Waals surface area contributed by atoms with Crippen LogP contribution >= 0.6 is 0 Å². The maximum absolute atomic E-state index is 13.0. The zero-order valence-electron chi connectivity index (χ0n) is 23.5. The van der Waals surface area contributed by atoms with Gasteiger partial charge < -0.3 is 25.8 Å². The molecule has 0 bridgehead atoms. The van der Waals surface area contributed by atoms with Crippen LogP contribution in [-0.4, -0.2) is 51.8 Å². The number of anilines is 1. The number of ether oxygens (including phenoxy) is 1. The van der Waals surface area contributed by atoms with E-state index in [9.17, 15) is 14.7 Å². The lowest BCUT2D eigenvalue weighted by molar-refractivity contribution is -0.117. The molecule has 0 radical (unpaired) electrons. The molecule has 2 amide bonds. The highest BCUT2D eigenvalue weighted by molar-refractivity contribution is 5.92. The molecule has 2 heterocycles. The summed E-state index contributed by atoms with van der Waals surface area (Å²) in [5.41, 5.74) is 10.3. The van der Waals surface area contributed by atoms with E-state index in [1.807, 2.05) is 54.4 Å². The predicted molar refractivity (Wildman–Crippen MR) is 158 cm³/mol. The Hall–Kier alpha value is -3.75. The first-order valence-electron chi connectivity index (χ1n) is 14.6. The van der Waals surface area contributed by atoms with Gasteiger partial charge in [0.15, 0.2) is 0 Å². The topological polar surface area (TPSA) is 118 Å². The Balaban J connectivity index is 1.15. The minimum atomic E-state index is -0.707. The van der Waals surface area contributed by atoms with E-state index in [-0.39, 0.29) is 18.0 Å². The summed E-state index contributed by atoms with van der Waals surface area (Å²) in [4.78, 5) is 31.4. The van der Waals surface area contributed by atoms with Crippen molar-refractivity contribution in [1.82, 2.24) is 9.88 Å². The summed E-state index contributed by atoms with van der Waals surface area (Å²) in [7, 11) is 0. The molecule has 3 aromatic rings. The standard InChI is InChI=1S/C33H38N4O4/c1-32(40)20-33(34,21-32)25-11-9-24(10-12-25)28-19-35-29(18-27(28)23-5-3-2-4-6-23)36-30(38)17-22-7-13-26(14-8-22)37-15-16-41-31(37)39/h2-6,9-12,18-19,22,26,40H,7-8,13-17,20-21,34H2,1H3,(H,35,36,38). The van der Waals surface area contributed by atoms with Crippen LogP contribution in [0.2, 0.25) is 0 Å². The summed E-state index contributed by atoms with van der Waals surface area (Å²) in [6.07, 6.45) is 6.78. The minimum Gasteiger partial charge on any atom is -0.448 e. The van der Waals surface area contributed by atoms with Gasteiger partial charge in [0.2, 0.25) is 5.91 Å². The van der Waals surface area contributed by atoms with Crippen molar-refractivity contribution in [1.29, 1.82) is 0 Å².